The van der Waals surface area contributed by atoms with Crippen molar-refractivity contribution in [1.82, 2.24) is 4.57 Å². The summed E-state index contributed by atoms with van der Waals surface area (Å²) in [6.07, 6.45) is 0. The lowest BCUT2D eigenvalue weighted by Gasteiger charge is -2.46. The Hall–Kier alpha value is -9.68. The predicted octanol–water partition coefficient (Wildman–Crippen LogP) is 20.5. The smallest absolute Gasteiger partial charge is 0.252 e. The average molecular weight is 1120 g/mol. The number of hydrogen-bond acceptors (Lipinski definition) is 3. The molecule has 16 rings (SSSR count). The van der Waals surface area contributed by atoms with Crippen molar-refractivity contribution < 1.29 is 17.8 Å². The van der Waals surface area contributed by atoms with Gasteiger partial charge in [0.15, 0.2) is 0 Å². The highest BCUT2D eigenvalue weighted by molar-refractivity contribution is 7.26. The fraction of sp³-hybridized carbons (Fsp3) is 0.100. The second kappa shape index (κ2) is 19.5. The second-order valence-electron chi connectivity index (χ2n) is 24.3. The van der Waals surface area contributed by atoms with Crippen molar-refractivity contribution in [1.29, 1.82) is 0 Å². The molecule has 0 aliphatic carbocycles. The highest BCUT2D eigenvalue weighted by Gasteiger charge is 2.46. The molecule has 2 aliphatic heterocycles. The summed E-state index contributed by atoms with van der Waals surface area (Å²) in [6, 6.07) is 59.1. The zero-order valence-corrected chi connectivity index (χ0v) is 48.5. The van der Waals surface area contributed by atoms with Gasteiger partial charge in [0.25, 0.3) is 6.71 Å². The number of anilines is 6. The van der Waals surface area contributed by atoms with Gasteiger partial charge in [-0.25, -0.2) is 0 Å². The van der Waals surface area contributed by atoms with Gasteiger partial charge in [-0.15, -0.1) is 11.3 Å². The van der Waals surface area contributed by atoms with Crippen LogP contribution in [0.1, 0.15) is 70.5 Å². The third kappa shape index (κ3) is 8.23. The summed E-state index contributed by atoms with van der Waals surface area (Å²) in [4.78, 5) is 4.71. The van der Waals surface area contributed by atoms with Gasteiger partial charge in [-0.3, -0.25) is 0 Å². The lowest BCUT2D eigenvalue weighted by molar-refractivity contribution is 0.590. The van der Waals surface area contributed by atoms with E-state index >= 15 is 0 Å². The van der Waals surface area contributed by atoms with Crippen molar-refractivity contribution in [2.45, 2.75) is 52.4 Å². The standard InChI is InChI=1S/C80H62BN3S/c1-79(2,3)57-46-63(53-29-15-9-16-30-53)78(64(47-57)54-31-17-10-18-32-54)84-69-43-55(51-25-11-7-12-26-51)39-41-65(69)81-66-42-40-59(82-67-36-22-19-33-60(67)61-34-20-23-37-68(61)82)50-70(66)83(72-48-58(80(4,5)6)49-73(84)77(72)81)71-44-56(52-27-13-8-14-28-52)45-75-76(71)62-35-21-24-38-74(62)85-75/h7-50H,1-6H3/i7D,11D,12D,19D,20D,22D,23D,25D,26D,33D,34D,36D,37D. The van der Waals surface area contributed by atoms with Gasteiger partial charge in [0.1, 0.15) is 0 Å². The molecule has 0 spiro atoms. The first-order valence-electron chi connectivity index (χ1n) is 35.3. The van der Waals surface area contributed by atoms with Gasteiger partial charge >= 0.3 is 0 Å². The van der Waals surface area contributed by atoms with Gasteiger partial charge < -0.3 is 14.4 Å². The Morgan fingerprint density at radius 2 is 0.894 bits per heavy atom. The predicted molar refractivity (Wildman–Crippen MR) is 367 cm³/mol. The highest BCUT2D eigenvalue weighted by Crippen LogP contribution is 2.55. The van der Waals surface area contributed by atoms with Crippen LogP contribution in [0.5, 0.6) is 0 Å². The topological polar surface area (TPSA) is 11.4 Å². The van der Waals surface area contributed by atoms with E-state index in [2.05, 4.69) is 173 Å². The molecule has 14 aromatic rings. The maximum absolute atomic E-state index is 9.68. The first kappa shape index (κ1) is 39.0. The Labute approximate surface area is 520 Å². The molecule has 0 unspecified atom stereocenters. The van der Waals surface area contributed by atoms with Crippen molar-refractivity contribution in [2.24, 2.45) is 0 Å². The first-order chi connectivity index (χ1) is 46.8. The molecular weight excluding hydrogens is 1050 g/mol. The quantitative estimate of drug-likeness (QED) is 0.147. The van der Waals surface area contributed by atoms with Crippen LogP contribution in [0.15, 0.2) is 267 Å². The van der Waals surface area contributed by atoms with E-state index in [1.807, 2.05) is 66.7 Å². The lowest BCUT2D eigenvalue weighted by atomic mass is 9.33. The largest absolute Gasteiger partial charge is 0.311 e. The van der Waals surface area contributed by atoms with Crippen LogP contribution in [0.25, 0.3) is 92.2 Å². The number of aromatic nitrogens is 1. The molecule has 0 atom stereocenters. The van der Waals surface area contributed by atoms with Crippen molar-refractivity contribution in [2.75, 3.05) is 9.80 Å². The zero-order valence-electron chi connectivity index (χ0n) is 60.7. The zero-order chi connectivity index (χ0) is 68.6. The molecule has 0 bridgehead atoms. The number of thiophene rings is 1. The molecule has 3 nitrogen and oxygen atoms in total. The second-order valence-corrected chi connectivity index (χ2v) is 25.4. The van der Waals surface area contributed by atoms with E-state index in [-0.39, 0.29) is 44.9 Å². The number of para-hydroxylation sites is 2. The minimum atomic E-state index is -0.622. The Kier molecular flexibility index (Phi) is 8.92. The van der Waals surface area contributed by atoms with E-state index in [1.54, 1.807) is 15.9 Å². The molecule has 12 aromatic carbocycles. The van der Waals surface area contributed by atoms with Crippen LogP contribution < -0.4 is 26.2 Å². The number of rotatable bonds is 7. The average Bonchev–Trinajstić information content (AvgIpc) is 0.971. The molecule has 406 valence electrons. The van der Waals surface area contributed by atoms with Gasteiger partial charge in [-0.1, -0.05) is 235 Å². The fourth-order valence-electron chi connectivity index (χ4n) is 13.1. The third-order valence-corrected chi connectivity index (χ3v) is 18.3. The molecule has 0 radical (unpaired) electrons. The normalized spacial score (nSPS) is 15.1. The van der Waals surface area contributed by atoms with E-state index < -0.39 is 78.6 Å². The van der Waals surface area contributed by atoms with Crippen molar-refractivity contribution in [3.05, 3.63) is 278 Å². The Bertz CT molecular complexity index is 5620. The number of fused-ring (bicyclic) bond motifs is 10. The van der Waals surface area contributed by atoms with Crippen molar-refractivity contribution in [3.8, 4) is 50.2 Å². The van der Waals surface area contributed by atoms with Crippen LogP contribution >= 0.6 is 11.3 Å². The summed E-state index contributed by atoms with van der Waals surface area (Å²) in [7, 11) is 0. The van der Waals surface area contributed by atoms with Crippen LogP contribution in [0.3, 0.4) is 0 Å². The summed E-state index contributed by atoms with van der Waals surface area (Å²) >= 11 is 1.70. The molecule has 0 fully saturated rings. The third-order valence-electron chi connectivity index (χ3n) is 17.2. The van der Waals surface area contributed by atoms with Crippen LogP contribution in [-0.4, -0.2) is 11.3 Å². The van der Waals surface area contributed by atoms with E-state index in [4.69, 9.17) is 9.60 Å². The van der Waals surface area contributed by atoms with Crippen LogP contribution in [0.4, 0.5) is 34.1 Å². The van der Waals surface area contributed by atoms with Gasteiger partial charge in [0, 0.05) is 70.5 Å². The summed E-state index contributed by atoms with van der Waals surface area (Å²) in [5.74, 6) is 0. The molecule has 0 saturated heterocycles. The molecule has 0 saturated carbocycles. The molecule has 0 N–H and O–H groups in total. The van der Waals surface area contributed by atoms with Crippen molar-refractivity contribution in [3.63, 3.8) is 0 Å². The Morgan fingerprint density at radius 3 is 1.52 bits per heavy atom. The van der Waals surface area contributed by atoms with Gasteiger partial charge in [0.05, 0.1) is 40.2 Å². The SMILES string of the molecule is [2H]c1c([2H])c([2H])c(-c2ccc3c(c2)N(c2c(-c4ccccc4)cc(C(C)(C)C)cc2-c2ccccc2)c2cc(C(C)(C)C)cc4c2B3c2ccc(-n3c5c([2H])c([2H])c([2H])c([2H])c5c5c([2H])c([2H])c([2H])c([2H])c53)cc2N4c2cc(-c3ccccc3)cc3sc4ccccc4c23)c([2H])c1[2H]. The highest BCUT2D eigenvalue weighted by atomic mass is 32.1. The van der Waals surface area contributed by atoms with Crippen LogP contribution in [0.2, 0.25) is 0 Å². The summed E-state index contributed by atoms with van der Waals surface area (Å²) in [5.41, 5.74) is 15.1. The minimum absolute atomic E-state index is 0.00457. The van der Waals surface area contributed by atoms with Crippen LogP contribution in [0, 0.1) is 0 Å². The first-order valence-corrected chi connectivity index (χ1v) is 29.6. The lowest BCUT2D eigenvalue weighted by Crippen LogP contribution is -2.61. The van der Waals surface area contributed by atoms with E-state index in [0.29, 0.717) is 22.6 Å². The summed E-state index contributed by atoms with van der Waals surface area (Å²) in [6.45, 7) is 12.6. The molecule has 0 amide bonds. The van der Waals surface area contributed by atoms with Crippen molar-refractivity contribution >= 4 is 111 Å². The molecule has 4 heterocycles. The Balaban J connectivity index is 1.12. The molecule has 2 aliphatic rings. The molecule has 85 heavy (non-hydrogen) atoms. The van der Waals surface area contributed by atoms with Gasteiger partial charge in [-0.2, -0.15) is 0 Å². The summed E-state index contributed by atoms with van der Waals surface area (Å²) < 4.78 is 124. The van der Waals surface area contributed by atoms with Gasteiger partial charge in [-0.05, 0) is 144 Å². The Morgan fingerprint density at radius 1 is 0.376 bits per heavy atom. The number of nitrogens with zero attached hydrogens (tertiary/aromatic N) is 3. The van der Waals surface area contributed by atoms with E-state index in [1.165, 1.54) is 0 Å². The maximum Gasteiger partial charge on any atom is 0.252 e. The van der Waals surface area contributed by atoms with Crippen LogP contribution in [-0.2, 0) is 10.8 Å². The monoisotopic (exact) mass is 1120 g/mol. The van der Waals surface area contributed by atoms with E-state index in [9.17, 15) is 8.22 Å². The molecule has 2 aromatic heterocycles. The minimum Gasteiger partial charge on any atom is -0.311 e. The summed E-state index contributed by atoms with van der Waals surface area (Å²) in [5, 5.41) is 1.96. The fourth-order valence-corrected chi connectivity index (χ4v) is 14.2. The number of hydrogen-bond donors (Lipinski definition) is 0. The molecular formula is C80H62BN3S. The number of benzene rings is 12. The molecule has 5 heteroatoms. The van der Waals surface area contributed by atoms with E-state index in [0.717, 1.165) is 104 Å². The maximum atomic E-state index is 9.68. The van der Waals surface area contributed by atoms with Gasteiger partial charge in [0.2, 0.25) is 0 Å².